The van der Waals surface area contributed by atoms with Gasteiger partial charge in [0.1, 0.15) is 11.6 Å². The van der Waals surface area contributed by atoms with Crippen LogP contribution in [-0.2, 0) is 11.3 Å². The number of nitrogens with zero attached hydrogens (tertiary/aromatic N) is 3. The molecule has 1 fully saturated rings. The van der Waals surface area contributed by atoms with Crippen LogP contribution in [0.15, 0.2) is 48.8 Å². The minimum Gasteiger partial charge on any atom is -0.366 e. The number of aromatic amines is 1. The van der Waals surface area contributed by atoms with E-state index in [9.17, 15) is 9.18 Å². The van der Waals surface area contributed by atoms with Crippen molar-refractivity contribution in [1.29, 1.82) is 0 Å². The summed E-state index contributed by atoms with van der Waals surface area (Å²) < 4.78 is 13.0. The van der Waals surface area contributed by atoms with Gasteiger partial charge in [-0.2, -0.15) is 5.10 Å². The van der Waals surface area contributed by atoms with Crippen molar-refractivity contribution >= 4 is 11.7 Å². The van der Waals surface area contributed by atoms with Crippen molar-refractivity contribution in [3.63, 3.8) is 0 Å². The van der Waals surface area contributed by atoms with Gasteiger partial charge in [0.2, 0.25) is 5.91 Å². The number of pyridine rings is 1. The van der Waals surface area contributed by atoms with Gasteiger partial charge in [-0.1, -0.05) is 12.1 Å². The van der Waals surface area contributed by atoms with E-state index in [2.05, 4.69) is 20.5 Å². The average molecular weight is 379 g/mol. The lowest BCUT2D eigenvalue weighted by atomic mass is 9.97. The summed E-state index contributed by atoms with van der Waals surface area (Å²) in [6, 6.07) is 10.3. The maximum Gasteiger partial charge on any atom is 0.219 e. The second-order valence-corrected chi connectivity index (χ2v) is 7.06. The molecule has 1 aliphatic rings. The third-order valence-electron chi connectivity index (χ3n) is 5.17. The Morgan fingerprint density at radius 2 is 2.14 bits per heavy atom. The van der Waals surface area contributed by atoms with Crippen LogP contribution in [0.25, 0.3) is 11.1 Å². The number of carbonyl (C=O) groups excluding carboxylic acids is 1. The maximum absolute atomic E-state index is 13.0. The SMILES string of the molecule is CC(=O)N1CCC(c2[nH]ncc2-c2ccnc(NCc3ccc(F)cc3)c2)C1. The summed E-state index contributed by atoms with van der Waals surface area (Å²) in [6.07, 6.45) is 4.51. The predicted octanol–water partition coefficient (Wildman–Crippen LogP) is 3.56. The van der Waals surface area contributed by atoms with Crippen LogP contribution in [-0.4, -0.2) is 39.1 Å². The molecule has 0 radical (unpaired) electrons. The lowest BCUT2D eigenvalue weighted by Crippen LogP contribution is -2.25. The third-order valence-corrected chi connectivity index (χ3v) is 5.17. The minimum atomic E-state index is -0.244. The van der Waals surface area contributed by atoms with Crippen LogP contribution >= 0.6 is 0 Å². The van der Waals surface area contributed by atoms with Crippen molar-refractivity contribution in [2.45, 2.75) is 25.8 Å². The molecule has 1 amide bonds. The van der Waals surface area contributed by atoms with Crippen LogP contribution in [0.4, 0.5) is 10.2 Å². The second kappa shape index (κ2) is 7.80. The molecule has 0 aliphatic carbocycles. The summed E-state index contributed by atoms with van der Waals surface area (Å²) in [5, 5.41) is 10.6. The second-order valence-electron chi connectivity index (χ2n) is 7.06. The quantitative estimate of drug-likeness (QED) is 0.711. The largest absolute Gasteiger partial charge is 0.366 e. The van der Waals surface area contributed by atoms with Crippen LogP contribution in [0, 0.1) is 5.82 Å². The first-order chi connectivity index (χ1) is 13.6. The Balaban J connectivity index is 1.50. The monoisotopic (exact) mass is 379 g/mol. The number of likely N-dealkylation sites (tertiary alicyclic amines) is 1. The highest BCUT2D eigenvalue weighted by Gasteiger charge is 2.28. The van der Waals surface area contributed by atoms with Gasteiger partial charge < -0.3 is 10.2 Å². The summed E-state index contributed by atoms with van der Waals surface area (Å²) in [7, 11) is 0. The fraction of sp³-hybridized carbons (Fsp3) is 0.286. The molecule has 28 heavy (non-hydrogen) atoms. The van der Waals surface area contributed by atoms with Crippen molar-refractivity contribution in [2.24, 2.45) is 0 Å². The van der Waals surface area contributed by atoms with Gasteiger partial charge in [0.25, 0.3) is 0 Å². The number of rotatable bonds is 5. The molecule has 144 valence electrons. The van der Waals surface area contributed by atoms with E-state index in [1.165, 1.54) is 12.1 Å². The van der Waals surface area contributed by atoms with Crippen LogP contribution in [0.2, 0.25) is 0 Å². The summed E-state index contributed by atoms with van der Waals surface area (Å²) in [4.78, 5) is 17.9. The summed E-state index contributed by atoms with van der Waals surface area (Å²) >= 11 is 0. The lowest BCUT2D eigenvalue weighted by molar-refractivity contribution is -0.127. The Bertz CT molecular complexity index is 969. The fourth-order valence-corrected chi connectivity index (χ4v) is 3.61. The van der Waals surface area contributed by atoms with E-state index in [4.69, 9.17) is 0 Å². The standard InChI is InChI=1S/C21H22FN5O/c1-14(28)27-9-7-17(13-27)21-19(12-25-26-21)16-6-8-23-20(10-16)24-11-15-2-4-18(22)5-3-15/h2-6,8,10,12,17H,7,9,11,13H2,1H3,(H,23,24)(H,25,26). The van der Waals surface area contributed by atoms with E-state index in [1.807, 2.05) is 23.2 Å². The maximum atomic E-state index is 13.0. The van der Waals surface area contributed by atoms with Crippen LogP contribution < -0.4 is 5.32 Å². The van der Waals surface area contributed by atoms with Crippen LogP contribution in [0.5, 0.6) is 0 Å². The molecule has 1 unspecified atom stereocenters. The van der Waals surface area contributed by atoms with Crippen molar-refractivity contribution < 1.29 is 9.18 Å². The number of amides is 1. The van der Waals surface area contributed by atoms with Gasteiger partial charge in [-0.15, -0.1) is 0 Å². The molecule has 1 aliphatic heterocycles. The number of aromatic nitrogens is 3. The molecule has 6 nitrogen and oxygen atoms in total. The van der Waals surface area contributed by atoms with Crippen molar-refractivity contribution in [2.75, 3.05) is 18.4 Å². The van der Waals surface area contributed by atoms with Crippen molar-refractivity contribution in [3.8, 4) is 11.1 Å². The molecule has 1 aromatic carbocycles. The van der Waals surface area contributed by atoms with E-state index >= 15 is 0 Å². The Morgan fingerprint density at radius 1 is 1.32 bits per heavy atom. The number of hydrogen-bond acceptors (Lipinski definition) is 4. The first-order valence-corrected chi connectivity index (χ1v) is 9.33. The number of benzene rings is 1. The number of anilines is 1. The molecule has 4 rings (SSSR count). The zero-order chi connectivity index (χ0) is 19.5. The van der Waals surface area contributed by atoms with E-state index in [1.54, 1.807) is 25.3 Å². The molecule has 7 heteroatoms. The van der Waals surface area contributed by atoms with E-state index < -0.39 is 0 Å². The first kappa shape index (κ1) is 18.2. The number of nitrogens with one attached hydrogen (secondary N) is 2. The van der Waals surface area contributed by atoms with Crippen molar-refractivity contribution in [1.82, 2.24) is 20.1 Å². The molecule has 1 atom stereocenters. The van der Waals surface area contributed by atoms with Gasteiger partial charge in [-0.05, 0) is 41.8 Å². The zero-order valence-corrected chi connectivity index (χ0v) is 15.7. The van der Waals surface area contributed by atoms with Crippen molar-refractivity contribution in [3.05, 3.63) is 65.9 Å². The Morgan fingerprint density at radius 3 is 2.89 bits per heavy atom. The molecule has 3 heterocycles. The highest BCUT2D eigenvalue weighted by atomic mass is 19.1. The molecular formula is C21H22FN5O. The molecule has 0 bridgehead atoms. The van der Waals surface area contributed by atoms with Gasteiger partial charge in [0.05, 0.1) is 6.20 Å². The summed E-state index contributed by atoms with van der Waals surface area (Å²) in [5.74, 6) is 0.863. The summed E-state index contributed by atoms with van der Waals surface area (Å²) in [5.41, 5.74) is 4.08. The Hall–Kier alpha value is -3.22. The highest BCUT2D eigenvalue weighted by Crippen LogP contribution is 2.33. The third kappa shape index (κ3) is 3.88. The molecule has 1 saturated heterocycles. The van der Waals surface area contributed by atoms with Gasteiger partial charge in [0.15, 0.2) is 0 Å². The molecular weight excluding hydrogens is 357 g/mol. The first-order valence-electron chi connectivity index (χ1n) is 9.33. The molecule has 2 N–H and O–H groups in total. The molecule has 0 saturated carbocycles. The smallest absolute Gasteiger partial charge is 0.219 e. The fourth-order valence-electron chi connectivity index (χ4n) is 3.61. The number of halogens is 1. The van der Waals surface area contributed by atoms with Crippen LogP contribution in [0.3, 0.4) is 0 Å². The average Bonchev–Trinajstić information content (AvgIpc) is 3.37. The molecule has 0 spiro atoms. The van der Waals surface area contributed by atoms with Gasteiger partial charge in [-0.25, -0.2) is 9.37 Å². The van der Waals surface area contributed by atoms with Gasteiger partial charge in [0, 0.05) is 49.9 Å². The molecule has 3 aromatic rings. The topological polar surface area (TPSA) is 73.9 Å². The summed E-state index contributed by atoms with van der Waals surface area (Å²) in [6.45, 7) is 3.66. The van der Waals surface area contributed by atoms with Gasteiger partial charge >= 0.3 is 0 Å². The number of hydrogen-bond donors (Lipinski definition) is 2. The normalized spacial score (nSPS) is 16.4. The van der Waals surface area contributed by atoms with E-state index in [0.29, 0.717) is 13.1 Å². The van der Waals surface area contributed by atoms with E-state index in [-0.39, 0.29) is 17.6 Å². The molecule has 2 aromatic heterocycles. The predicted molar refractivity (Wildman–Crippen MR) is 105 cm³/mol. The van der Waals surface area contributed by atoms with E-state index in [0.717, 1.165) is 41.2 Å². The van der Waals surface area contributed by atoms with Gasteiger partial charge in [-0.3, -0.25) is 9.89 Å². The number of H-pyrrole nitrogens is 1. The Kier molecular flexibility index (Phi) is 5.06. The minimum absolute atomic E-state index is 0.111. The zero-order valence-electron chi connectivity index (χ0n) is 15.7. The lowest BCUT2D eigenvalue weighted by Gasteiger charge is -2.14. The highest BCUT2D eigenvalue weighted by molar-refractivity contribution is 5.74. The van der Waals surface area contributed by atoms with Crippen LogP contribution in [0.1, 0.15) is 30.5 Å². The number of carbonyl (C=O) groups is 1. The Labute approximate surface area is 162 Å².